The molecule has 0 aliphatic carbocycles. The van der Waals surface area contributed by atoms with E-state index >= 15 is 0 Å². The maximum Gasteiger partial charge on any atom is 0.160 e. The summed E-state index contributed by atoms with van der Waals surface area (Å²) in [7, 11) is 2.12. The molecule has 0 N–H and O–H groups in total. The predicted octanol–water partition coefficient (Wildman–Crippen LogP) is 1.81. The second-order valence-electron chi connectivity index (χ2n) is 5.32. The third-order valence-electron chi connectivity index (χ3n) is 3.66. The van der Waals surface area contributed by atoms with E-state index in [1.807, 2.05) is 19.1 Å². The van der Waals surface area contributed by atoms with Crippen LogP contribution in [0.5, 0.6) is 0 Å². The number of fused-ring (bicyclic) bond motifs is 1. The lowest BCUT2D eigenvalue weighted by atomic mass is 10.2. The highest BCUT2D eigenvalue weighted by molar-refractivity contribution is 6.16. The van der Waals surface area contributed by atoms with Gasteiger partial charge in [0.15, 0.2) is 5.65 Å². The Morgan fingerprint density at radius 3 is 3.00 bits per heavy atom. The fraction of sp³-hybridized carbons (Fsp3) is 0.571. The van der Waals surface area contributed by atoms with Gasteiger partial charge in [0.2, 0.25) is 0 Å². The van der Waals surface area contributed by atoms with Crippen LogP contribution in [-0.2, 0) is 17.2 Å². The largest absolute Gasteiger partial charge is 0.374 e. The van der Waals surface area contributed by atoms with E-state index in [4.69, 9.17) is 16.3 Å². The summed E-state index contributed by atoms with van der Waals surface area (Å²) in [6.45, 7) is 5.42. The minimum atomic E-state index is 0.162. The van der Waals surface area contributed by atoms with Crippen molar-refractivity contribution < 1.29 is 4.74 Å². The third-order valence-corrected chi connectivity index (χ3v) is 3.90. The molecule has 6 heteroatoms. The molecule has 1 aliphatic rings. The predicted molar refractivity (Wildman–Crippen MR) is 79.1 cm³/mol. The minimum Gasteiger partial charge on any atom is -0.374 e. The first-order valence-corrected chi connectivity index (χ1v) is 7.39. The van der Waals surface area contributed by atoms with E-state index in [0.29, 0.717) is 5.88 Å². The fourth-order valence-corrected chi connectivity index (χ4v) is 2.82. The molecule has 0 saturated carbocycles. The van der Waals surface area contributed by atoms with Gasteiger partial charge in [-0.15, -0.1) is 11.6 Å². The average Bonchev–Trinajstić information content (AvgIpc) is 2.76. The monoisotopic (exact) mass is 294 g/mol. The summed E-state index contributed by atoms with van der Waals surface area (Å²) < 4.78 is 7.94. The zero-order valence-corrected chi connectivity index (χ0v) is 12.6. The molecule has 0 amide bonds. The van der Waals surface area contributed by atoms with Crippen molar-refractivity contribution in [2.75, 3.05) is 26.7 Å². The number of halogens is 1. The number of hydrogen-bond donors (Lipinski definition) is 0. The molecule has 1 unspecified atom stereocenters. The van der Waals surface area contributed by atoms with E-state index in [2.05, 4.69) is 26.5 Å². The Hall–Kier alpha value is -1.17. The van der Waals surface area contributed by atoms with Gasteiger partial charge >= 0.3 is 0 Å². The molecular weight excluding hydrogens is 276 g/mol. The second-order valence-corrected chi connectivity index (χ2v) is 5.59. The van der Waals surface area contributed by atoms with Crippen molar-refractivity contribution in [1.82, 2.24) is 19.4 Å². The van der Waals surface area contributed by atoms with Gasteiger partial charge in [-0.3, -0.25) is 0 Å². The van der Waals surface area contributed by atoms with E-state index in [-0.39, 0.29) is 6.10 Å². The van der Waals surface area contributed by atoms with Crippen LogP contribution in [0.3, 0.4) is 0 Å². The SMILES string of the molecule is Cc1ccc2nc(CCl)n(CC3CN(C)CCO3)c2n1. The number of aryl methyl sites for hydroxylation is 1. The van der Waals surface area contributed by atoms with Crippen LogP contribution in [0.2, 0.25) is 0 Å². The Morgan fingerprint density at radius 1 is 1.40 bits per heavy atom. The molecule has 1 saturated heterocycles. The number of likely N-dealkylation sites (N-methyl/N-ethyl adjacent to an activating group) is 1. The summed E-state index contributed by atoms with van der Waals surface area (Å²) in [5, 5.41) is 0. The third kappa shape index (κ3) is 2.66. The molecule has 0 radical (unpaired) electrons. The van der Waals surface area contributed by atoms with E-state index < -0.39 is 0 Å². The molecule has 0 spiro atoms. The Morgan fingerprint density at radius 2 is 2.25 bits per heavy atom. The van der Waals surface area contributed by atoms with E-state index in [9.17, 15) is 0 Å². The van der Waals surface area contributed by atoms with Gasteiger partial charge in [-0.25, -0.2) is 9.97 Å². The molecule has 20 heavy (non-hydrogen) atoms. The van der Waals surface area contributed by atoms with Crippen molar-refractivity contribution in [1.29, 1.82) is 0 Å². The Kier molecular flexibility index (Phi) is 3.92. The summed E-state index contributed by atoms with van der Waals surface area (Å²) in [5.41, 5.74) is 2.79. The molecule has 3 rings (SSSR count). The number of imidazole rings is 1. The average molecular weight is 295 g/mol. The van der Waals surface area contributed by atoms with Crippen molar-refractivity contribution in [3.63, 3.8) is 0 Å². The quantitative estimate of drug-likeness (QED) is 0.810. The molecular formula is C14H19ClN4O. The highest BCUT2D eigenvalue weighted by Gasteiger charge is 2.21. The molecule has 1 fully saturated rings. The summed E-state index contributed by atoms with van der Waals surface area (Å²) in [6, 6.07) is 3.97. The molecule has 108 valence electrons. The first kappa shape index (κ1) is 13.8. The number of morpholine rings is 1. The van der Waals surface area contributed by atoms with Crippen molar-refractivity contribution in [2.24, 2.45) is 0 Å². The topological polar surface area (TPSA) is 43.2 Å². The first-order chi connectivity index (χ1) is 9.67. The lowest BCUT2D eigenvalue weighted by molar-refractivity contribution is -0.0272. The van der Waals surface area contributed by atoms with Crippen LogP contribution in [0.25, 0.3) is 11.2 Å². The van der Waals surface area contributed by atoms with Crippen molar-refractivity contribution in [2.45, 2.75) is 25.5 Å². The van der Waals surface area contributed by atoms with Gasteiger partial charge in [0.05, 0.1) is 25.1 Å². The van der Waals surface area contributed by atoms with Crippen LogP contribution in [0, 0.1) is 6.92 Å². The molecule has 0 bridgehead atoms. The number of nitrogens with zero attached hydrogens (tertiary/aromatic N) is 4. The molecule has 5 nitrogen and oxygen atoms in total. The van der Waals surface area contributed by atoms with Crippen LogP contribution in [0.1, 0.15) is 11.5 Å². The van der Waals surface area contributed by atoms with Gasteiger partial charge in [-0.05, 0) is 26.1 Å². The minimum absolute atomic E-state index is 0.162. The second kappa shape index (κ2) is 5.68. The van der Waals surface area contributed by atoms with Crippen molar-refractivity contribution in [3.8, 4) is 0 Å². The number of pyridine rings is 1. The highest BCUT2D eigenvalue weighted by atomic mass is 35.5. The smallest absolute Gasteiger partial charge is 0.160 e. The highest BCUT2D eigenvalue weighted by Crippen LogP contribution is 2.18. The summed E-state index contributed by atoms with van der Waals surface area (Å²) in [6.07, 6.45) is 0.162. The maximum atomic E-state index is 6.03. The zero-order chi connectivity index (χ0) is 14.1. The molecule has 2 aromatic heterocycles. The van der Waals surface area contributed by atoms with Gasteiger partial charge < -0.3 is 14.2 Å². The zero-order valence-electron chi connectivity index (χ0n) is 11.8. The van der Waals surface area contributed by atoms with Gasteiger partial charge in [0.25, 0.3) is 0 Å². The number of aromatic nitrogens is 3. The number of alkyl halides is 1. The van der Waals surface area contributed by atoms with Gasteiger partial charge in [-0.1, -0.05) is 0 Å². The van der Waals surface area contributed by atoms with E-state index in [1.165, 1.54) is 0 Å². The van der Waals surface area contributed by atoms with Crippen LogP contribution in [-0.4, -0.2) is 52.3 Å². The summed E-state index contributed by atoms with van der Waals surface area (Å²) in [4.78, 5) is 11.4. The van der Waals surface area contributed by atoms with Crippen LogP contribution in [0.4, 0.5) is 0 Å². The van der Waals surface area contributed by atoms with Gasteiger partial charge in [0, 0.05) is 18.8 Å². The lowest BCUT2D eigenvalue weighted by Gasteiger charge is -2.30. The van der Waals surface area contributed by atoms with Crippen molar-refractivity contribution in [3.05, 3.63) is 23.7 Å². The van der Waals surface area contributed by atoms with Crippen LogP contribution >= 0.6 is 11.6 Å². The molecule has 3 heterocycles. The molecule has 1 atom stereocenters. The van der Waals surface area contributed by atoms with E-state index in [1.54, 1.807) is 0 Å². The molecule has 2 aromatic rings. The molecule has 0 aromatic carbocycles. The Bertz CT molecular complexity index is 612. The lowest BCUT2D eigenvalue weighted by Crippen LogP contribution is -2.42. The Balaban J connectivity index is 1.94. The number of hydrogen-bond acceptors (Lipinski definition) is 4. The van der Waals surface area contributed by atoms with Crippen LogP contribution in [0.15, 0.2) is 12.1 Å². The first-order valence-electron chi connectivity index (χ1n) is 6.86. The summed E-state index contributed by atoms with van der Waals surface area (Å²) >= 11 is 6.03. The van der Waals surface area contributed by atoms with Crippen LogP contribution < -0.4 is 0 Å². The maximum absolute atomic E-state index is 6.03. The van der Waals surface area contributed by atoms with Gasteiger partial charge in [0.1, 0.15) is 11.3 Å². The molecule has 1 aliphatic heterocycles. The van der Waals surface area contributed by atoms with Crippen molar-refractivity contribution >= 4 is 22.8 Å². The standard InChI is InChI=1S/C14H19ClN4O/c1-10-3-4-12-14(16-10)19(13(7-15)17-12)9-11-8-18(2)5-6-20-11/h3-4,11H,5-9H2,1-2H3. The number of ether oxygens (including phenoxy) is 1. The van der Waals surface area contributed by atoms with Gasteiger partial charge in [-0.2, -0.15) is 0 Å². The Labute approximate surface area is 123 Å². The number of rotatable bonds is 3. The fourth-order valence-electron chi connectivity index (χ4n) is 2.62. The normalized spacial score (nSPS) is 20.6. The summed E-state index contributed by atoms with van der Waals surface area (Å²) in [5.74, 6) is 1.24. The van der Waals surface area contributed by atoms with E-state index in [0.717, 1.165) is 48.9 Å².